The third-order valence-electron chi connectivity index (χ3n) is 3.17. The van der Waals surface area contributed by atoms with E-state index < -0.39 is 0 Å². The van der Waals surface area contributed by atoms with E-state index in [2.05, 4.69) is 4.98 Å². The predicted molar refractivity (Wildman–Crippen MR) is 59.6 cm³/mol. The molecule has 1 aliphatic carbocycles. The molecule has 3 rings (SSSR count). The Morgan fingerprint density at radius 3 is 3.06 bits per heavy atom. The summed E-state index contributed by atoms with van der Waals surface area (Å²) < 4.78 is 7.16. The molecule has 1 fully saturated rings. The Bertz CT molecular complexity index is 480. The molecule has 0 amide bonds. The van der Waals surface area contributed by atoms with Gasteiger partial charge in [-0.2, -0.15) is 0 Å². The van der Waals surface area contributed by atoms with Gasteiger partial charge in [0.25, 0.3) is 5.56 Å². The molecule has 1 saturated carbocycles. The maximum atomic E-state index is 11.9. The number of aromatic nitrogens is 2. The second-order valence-electron chi connectivity index (χ2n) is 4.46. The lowest BCUT2D eigenvalue weighted by Gasteiger charge is -2.20. The molecule has 0 aromatic carbocycles. The van der Waals surface area contributed by atoms with Crippen molar-refractivity contribution in [3.8, 4) is 0 Å². The van der Waals surface area contributed by atoms with Crippen LogP contribution in [0.5, 0.6) is 0 Å². The van der Waals surface area contributed by atoms with Gasteiger partial charge in [0.2, 0.25) is 0 Å². The van der Waals surface area contributed by atoms with Gasteiger partial charge in [0.1, 0.15) is 0 Å². The number of nitrogens with zero attached hydrogens (tertiary/aromatic N) is 2. The second-order valence-corrected chi connectivity index (χ2v) is 4.82. The molecule has 0 unspecified atom stereocenters. The molecule has 0 radical (unpaired) electrons. The molecule has 1 aromatic heterocycles. The van der Waals surface area contributed by atoms with Crippen molar-refractivity contribution in [2.75, 3.05) is 6.61 Å². The zero-order chi connectivity index (χ0) is 11.1. The summed E-state index contributed by atoms with van der Waals surface area (Å²) in [5.74, 6) is 0.641. The Morgan fingerprint density at radius 2 is 2.31 bits per heavy atom. The van der Waals surface area contributed by atoms with Crippen molar-refractivity contribution < 1.29 is 4.74 Å². The molecule has 86 valence electrons. The second kappa shape index (κ2) is 3.86. The van der Waals surface area contributed by atoms with Gasteiger partial charge in [0.15, 0.2) is 5.15 Å². The van der Waals surface area contributed by atoms with Crippen molar-refractivity contribution in [2.45, 2.75) is 32.4 Å². The monoisotopic (exact) mass is 240 g/mol. The quantitative estimate of drug-likeness (QED) is 0.785. The summed E-state index contributed by atoms with van der Waals surface area (Å²) in [6.45, 7) is 1.92. The van der Waals surface area contributed by atoms with Crippen LogP contribution in [0, 0.1) is 5.92 Å². The molecule has 2 aliphatic rings. The van der Waals surface area contributed by atoms with Gasteiger partial charge in [-0.3, -0.25) is 4.79 Å². The van der Waals surface area contributed by atoms with E-state index in [0.717, 1.165) is 24.4 Å². The minimum absolute atomic E-state index is 0.0984. The lowest BCUT2D eigenvalue weighted by Crippen LogP contribution is -2.30. The summed E-state index contributed by atoms with van der Waals surface area (Å²) in [7, 11) is 0. The van der Waals surface area contributed by atoms with E-state index in [1.54, 1.807) is 4.57 Å². The van der Waals surface area contributed by atoms with Crippen molar-refractivity contribution in [1.29, 1.82) is 0 Å². The summed E-state index contributed by atoms with van der Waals surface area (Å²) in [5, 5.41) is 0.0984. The minimum atomic E-state index is -0.169. The van der Waals surface area contributed by atoms with Crippen molar-refractivity contribution in [2.24, 2.45) is 5.92 Å². The van der Waals surface area contributed by atoms with Crippen molar-refractivity contribution >= 4 is 11.6 Å². The van der Waals surface area contributed by atoms with E-state index in [1.807, 2.05) is 0 Å². The molecule has 5 heteroatoms. The predicted octanol–water partition coefficient (Wildman–Crippen LogP) is 1.38. The molecule has 2 heterocycles. The van der Waals surface area contributed by atoms with Crippen LogP contribution in [0.4, 0.5) is 0 Å². The lowest BCUT2D eigenvalue weighted by atomic mass is 10.2. The first-order chi connectivity index (χ1) is 7.75. The van der Waals surface area contributed by atoms with Gasteiger partial charge in [-0.1, -0.05) is 11.6 Å². The number of rotatable bonds is 2. The zero-order valence-corrected chi connectivity index (χ0v) is 9.66. The fourth-order valence-corrected chi connectivity index (χ4v) is 2.28. The van der Waals surface area contributed by atoms with Crippen LogP contribution < -0.4 is 5.56 Å². The number of ether oxygens (including phenoxy) is 1. The van der Waals surface area contributed by atoms with Crippen LogP contribution in [0.2, 0.25) is 5.15 Å². The van der Waals surface area contributed by atoms with Crippen LogP contribution in [-0.4, -0.2) is 16.2 Å². The van der Waals surface area contributed by atoms with Crippen molar-refractivity contribution in [1.82, 2.24) is 9.55 Å². The topological polar surface area (TPSA) is 44.1 Å². The fourth-order valence-electron chi connectivity index (χ4n) is 2.07. The lowest BCUT2D eigenvalue weighted by molar-refractivity contribution is 0.101. The van der Waals surface area contributed by atoms with E-state index >= 15 is 0 Å². The molecule has 1 aromatic rings. The summed E-state index contributed by atoms with van der Waals surface area (Å²) in [6, 6.07) is 0. The Balaban J connectivity index is 2.10. The Morgan fingerprint density at radius 1 is 1.50 bits per heavy atom. The third kappa shape index (κ3) is 1.76. The number of fused-ring (bicyclic) bond motifs is 1. The Kier molecular flexibility index (Phi) is 2.48. The van der Waals surface area contributed by atoms with Crippen LogP contribution >= 0.6 is 11.6 Å². The van der Waals surface area contributed by atoms with Crippen LogP contribution in [0.15, 0.2) is 4.79 Å². The average Bonchev–Trinajstić information content (AvgIpc) is 3.08. The number of hydrogen-bond donors (Lipinski definition) is 0. The van der Waals surface area contributed by atoms with E-state index in [-0.39, 0.29) is 10.7 Å². The van der Waals surface area contributed by atoms with E-state index in [1.165, 1.54) is 12.8 Å². The van der Waals surface area contributed by atoms with Gasteiger partial charge in [0, 0.05) is 13.0 Å². The first-order valence-electron chi connectivity index (χ1n) is 5.61. The number of hydrogen-bond acceptors (Lipinski definition) is 3. The molecule has 0 atom stereocenters. The molecule has 4 nitrogen and oxygen atoms in total. The first kappa shape index (κ1) is 10.3. The molecule has 16 heavy (non-hydrogen) atoms. The summed E-state index contributed by atoms with van der Waals surface area (Å²) >= 11 is 5.87. The maximum Gasteiger partial charge on any atom is 0.288 e. The normalized spacial score (nSPS) is 19.6. The van der Waals surface area contributed by atoms with E-state index in [9.17, 15) is 4.79 Å². The van der Waals surface area contributed by atoms with Crippen molar-refractivity contribution in [3.05, 3.63) is 26.9 Å². The zero-order valence-electron chi connectivity index (χ0n) is 8.91. The van der Waals surface area contributed by atoms with Gasteiger partial charge in [0.05, 0.1) is 24.6 Å². The summed E-state index contributed by atoms with van der Waals surface area (Å²) in [4.78, 5) is 16.1. The highest BCUT2D eigenvalue weighted by atomic mass is 35.5. The molecular formula is C11H13ClN2O2. The van der Waals surface area contributed by atoms with Gasteiger partial charge in [-0.15, -0.1) is 0 Å². The van der Waals surface area contributed by atoms with Crippen LogP contribution in [0.1, 0.15) is 24.2 Å². The Hall–Kier alpha value is -0.870. The van der Waals surface area contributed by atoms with Gasteiger partial charge in [-0.05, 0) is 18.8 Å². The molecule has 1 aliphatic heterocycles. The SMILES string of the molecule is O=c1c(Cl)nc2c(n1CC1CC1)COCC2. The first-order valence-corrected chi connectivity index (χ1v) is 5.99. The van der Waals surface area contributed by atoms with Crippen LogP contribution in [-0.2, 0) is 24.3 Å². The summed E-state index contributed by atoms with van der Waals surface area (Å²) in [5.41, 5.74) is 1.68. The van der Waals surface area contributed by atoms with E-state index in [4.69, 9.17) is 16.3 Å². The molecule has 0 saturated heterocycles. The van der Waals surface area contributed by atoms with Gasteiger partial charge < -0.3 is 9.30 Å². The molecule has 0 spiro atoms. The molecule has 0 bridgehead atoms. The maximum absolute atomic E-state index is 11.9. The largest absolute Gasteiger partial charge is 0.375 e. The van der Waals surface area contributed by atoms with E-state index in [0.29, 0.717) is 19.1 Å². The fraction of sp³-hybridized carbons (Fsp3) is 0.636. The Labute approximate surface area is 98.2 Å². The highest BCUT2D eigenvalue weighted by molar-refractivity contribution is 6.29. The van der Waals surface area contributed by atoms with Crippen molar-refractivity contribution in [3.63, 3.8) is 0 Å². The summed E-state index contributed by atoms with van der Waals surface area (Å²) in [6.07, 6.45) is 3.17. The smallest absolute Gasteiger partial charge is 0.288 e. The molecule has 0 N–H and O–H groups in total. The number of halogens is 1. The molecular weight excluding hydrogens is 228 g/mol. The van der Waals surface area contributed by atoms with Crippen LogP contribution in [0.25, 0.3) is 0 Å². The average molecular weight is 241 g/mol. The highest BCUT2D eigenvalue weighted by Crippen LogP contribution is 2.31. The third-order valence-corrected chi connectivity index (χ3v) is 3.42. The highest BCUT2D eigenvalue weighted by Gasteiger charge is 2.26. The van der Waals surface area contributed by atoms with Crippen LogP contribution in [0.3, 0.4) is 0 Å². The van der Waals surface area contributed by atoms with Gasteiger partial charge in [-0.25, -0.2) is 4.98 Å². The standard InChI is InChI=1S/C11H13ClN2O2/c12-10-11(15)14(5-7-1-2-7)9-6-16-4-3-8(9)13-10/h7H,1-6H2. The van der Waals surface area contributed by atoms with Gasteiger partial charge >= 0.3 is 0 Å². The minimum Gasteiger partial charge on any atom is -0.375 e.